The lowest BCUT2D eigenvalue weighted by Crippen LogP contribution is -2.43. The van der Waals surface area contributed by atoms with Gasteiger partial charge in [0.15, 0.2) is 0 Å². The Labute approximate surface area is 128 Å². The minimum Gasteiger partial charge on any atom is -0.337 e. The van der Waals surface area contributed by atoms with Crippen LogP contribution in [-0.2, 0) is 11.3 Å². The minimum absolute atomic E-state index is 0.192. The number of hydrogen-bond donors (Lipinski definition) is 1. The summed E-state index contributed by atoms with van der Waals surface area (Å²) in [5.74, 6) is 0.513. The quantitative estimate of drug-likeness (QED) is 0.863. The molecule has 116 valence electrons. The Morgan fingerprint density at radius 1 is 1.14 bits per heavy atom. The van der Waals surface area contributed by atoms with Crippen molar-refractivity contribution in [1.29, 1.82) is 0 Å². The summed E-state index contributed by atoms with van der Waals surface area (Å²) in [6.07, 6.45) is 1.93. The fourth-order valence-electron chi connectivity index (χ4n) is 2.72. The summed E-state index contributed by atoms with van der Waals surface area (Å²) in [6, 6.07) is 10.3. The van der Waals surface area contributed by atoms with Crippen LogP contribution in [0.1, 0.15) is 18.4 Å². The highest BCUT2D eigenvalue weighted by atomic mass is 16.2. The average molecular weight is 289 g/mol. The van der Waals surface area contributed by atoms with Crippen LogP contribution >= 0.6 is 0 Å². The molecule has 1 N–H and O–H groups in total. The Balaban J connectivity index is 2.01. The number of carbonyl (C=O) groups excluding carboxylic acids is 1. The minimum atomic E-state index is 0.192. The predicted octanol–water partition coefficient (Wildman–Crippen LogP) is 1.58. The van der Waals surface area contributed by atoms with Crippen molar-refractivity contribution in [2.24, 2.45) is 5.92 Å². The molecule has 0 unspecified atom stereocenters. The van der Waals surface area contributed by atoms with Crippen LogP contribution in [-0.4, -0.2) is 56.0 Å². The zero-order valence-corrected chi connectivity index (χ0v) is 13.2. The first-order valence-corrected chi connectivity index (χ1v) is 7.85. The summed E-state index contributed by atoms with van der Waals surface area (Å²) in [5.41, 5.74) is 1.21. The number of rotatable bonds is 6. The van der Waals surface area contributed by atoms with Gasteiger partial charge in [0, 0.05) is 25.6 Å². The summed E-state index contributed by atoms with van der Waals surface area (Å²) in [4.78, 5) is 17.0. The molecule has 0 saturated carbocycles. The van der Waals surface area contributed by atoms with E-state index in [0.29, 0.717) is 5.91 Å². The van der Waals surface area contributed by atoms with E-state index in [4.69, 9.17) is 0 Å². The molecule has 0 spiro atoms. The molecule has 0 aromatic heterocycles. The number of benzene rings is 1. The lowest BCUT2D eigenvalue weighted by atomic mass is 9.96. The number of likely N-dealkylation sites (N-methyl/N-ethyl adjacent to an activating group) is 1. The van der Waals surface area contributed by atoms with Crippen molar-refractivity contribution in [3.8, 4) is 0 Å². The van der Waals surface area contributed by atoms with Gasteiger partial charge in [-0.05, 0) is 45.6 Å². The van der Waals surface area contributed by atoms with E-state index in [1.807, 2.05) is 23.1 Å². The second-order valence-electron chi connectivity index (χ2n) is 6.07. The van der Waals surface area contributed by atoms with Gasteiger partial charge < -0.3 is 15.1 Å². The summed E-state index contributed by atoms with van der Waals surface area (Å²) < 4.78 is 0. The third kappa shape index (κ3) is 5.14. The molecule has 1 heterocycles. The van der Waals surface area contributed by atoms with E-state index >= 15 is 0 Å². The normalized spacial score (nSPS) is 16.1. The molecule has 4 nitrogen and oxygen atoms in total. The predicted molar refractivity (Wildman–Crippen MR) is 86.0 cm³/mol. The number of piperidine rings is 1. The van der Waals surface area contributed by atoms with Crippen LogP contribution in [0.15, 0.2) is 30.3 Å². The second kappa shape index (κ2) is 8.15. The molecule has 1 aromatic rings. The molecular weight excluding hydrogens is 262 g/mol. The molecule has 1 aromatic carbocycles. The monoisotopic (exact) mass is 289 g/mol. The van der Waals surface area contributed by atoms with Crippen molar-refractivity contribution in [3.05, 3.63) is 35.9 Å². The Morgan fingerprint density at radius 3 is 2.43 bits per heavy atom. The van der Waals surface area contributed by atoms with Crippen LogP contribution in [0.2, 0.25) is 0 Å². The fraction of sp³-hybridized carbons (Fsp3) is 0.588. The average Bonchev–Trinajstić information content (AvgIpc) is 2.52. The van der Waals surface area contributed by atoms with E-state index in [9.17, 15) is 4.79 Å². The van der Waals surface area contributed by atoms with Crippen molar-refractivity contribution in [2.75, 3.05) is 40.3 Å². The maximum atomic E-state index is 12.8. The zero-order chi connectivity index (χ0) is 15.1. The first-order valence-electron chi connectivity index (χ1n) is 7.85. The molecule has 1 fully saturated rings. The summed E-state index contributed by atoms with van der Waals surface area (Å²) in [6.45, 7) is 4.35. The molecule has 1 aliphatic rings. The van der Waals surface area contributed by atoms with E-state index in [0.717, 1.165) is 45.6 Å². The van der Waals surface area contributed by atoms with Gasteiger partial charge in [-0.25, -0.2) is 0 Å². The Morgan fingerprint density at radius 2 is 1.81 bits per heavy atom. The van der Waals surface area contributed by atoms with Gasteiger partial charge in [-0.3, -0.25) is 4.79 Å². The summed E-state index contributed by atoms with van der Waals surface area (Å²) in [5, 5.41) is 3.33. The van der Waals surface area contributed by atoms with Gasteiger partial charge in [0.1, 0.15) is 0 Å². The molecule has 0 aliphatic carbocycles. The zero-order valence-electron chi connectivity index (χ0n) is 13.2. The number of nitrogens with one attached hydrogen (secondary N) is 1. The molecule has 0 atom stereocenters. The van der Waals surface area contributed by atoms with E-state index in [1.54, 1.807) is 0 Å². The molecule has 0 radical (unpaired) electrons. The topological polar surface area (TPSA) is 35.6 Å². The maximum absolute atomic E-state index is 12.8. The Hall–Kier alpha value is -1.39. The highest BCUT2D eigenvalue weighted by Crippen LogP contribution is 2.17. The number of hydrogen-bond acceptors (Lipinski definition) is 3. The highest BCUT2D eigenvalue weighted by molar-refractivity contribution is 5.79. The van der Waals surface area contributed by atoms with E-state index < -0.39 is 0 Å². The Kier molecular flexibility index (Phi) is 6.21. The van der Waals surface area contributed by atoms with Crippen LogP contribution < -0.4 is 5.32 Å². The molecule has 1 amide bonds. The summed E-state index contributed by atoms with van der Waals surface area (Å²) >= 11 is 0. The molecule has 4 heteroatoms. The highest BCUT2D eigenvalue weighted by Gasteiger charge is 2.25. The largest absolute Gasteiger partial charge is 0.337 e. The lowest BCUT2D eigenvalue weighted by Gasteiger charge is -2.30. The van der Waals surface area contributed by atoms with Gasteiger partial charge >= 0.3 is 0 Å². The SMILES string of the molecule is CN(C)CCN(Cc1ccccc1)C(=O)C1CCNCC1. The lowest BCUT2D eigenvalue weighted by molar-refractivity contribution is -0.137. The maximum Gasteiger partial charge on any atom is 0.226 e. The number of amides is 1. The van der Waals surface area contributed by atoms with Crippen LogP contribution in [0.3, 0.4) is 0 Å². The van der Waals surface area contributed by atoms with Crippen LogP contribution in [0.4, 0.5) is 0 Å². The van der Waals surface area contributed by atoms with Crippen LogP contribution in [0.25, 0.3) is 0 Å². The van der Waals surface area contributed by atoms with Crippen molar-refractivity contribution >= 4 is 5.91 Å². The van der Waals surface area contributed by atoms with Crippen LogP contribution in [0.5, 0.6) is 0 Å². The van der Waals surface area contributed by atoms with E-state index in [-0.39, 0.29) is 5.92 Å². The smallest absolute Gasteiger partial charge is 0.226 e. The Bertz CT molecular complexity index is 427. The van der Waals surface area contributed by atoms with E-state index in [1.165, 1.54) is 5.56 Å². The molecule has 2 rings (SSSR count). The van der Waals surface area contributed by atoms with Crippen molar-refractivity contribution < 1.29 is 4.79 Å². The first-order chi connectivity index (χ1) is 10.2. The van der Waals surface area contributed by atoms with Crippen LogP contribution in [0, 0.1) is 5.92 Å². The number of carbonyl (C=O) groups is 1. The third-order valence-electron chi connectivity index (χ3n) is 4.03. The van der Waals surface area contributed by atoms with Crippen molar-refractivity contribution in [1.82, 2.24) is 15.1 Å². The van der Waals surface area contributed by atoms with E-state index in [2.05, 4.69) is 36.4 Å². The number of nitrogens with zero attached hydrogens (tertiary/aromatic N) is 2. The van der Waals surface area contributed by atoms with Gasteiger partial charge in [-0.2, -0.15) is 0 Å². The fourth-order valence-corrected chi connectivity index (χ4v) is 2.72. The molecular formula is C17H27N3O. The van der Waals surface area contributed by atoms with Gasteiger partial charge in [0.25, 0.3) is 0 Å². The molecule has 21 heavy (non-hydrogen) atoms. The van der Waals surface area contributed by atoms with Gasteiger partial charge in [0.2, 0.25) is 5.91 Å². The first kappa shape index (κ1) is 16.0. The van der Waals surface area contributed by atoms with Crippen molar-refractivity contribution in [2.45, 2.75) is 19.4 Å². The third-order valence-corrected chi connectivity index (χ3v) is 4.03. The molecule has 0 bridgehead atoms. The molecule has 1 aliphatic heterocycles. The standard InChI is InChI=1S/C17H27N3O/c1-19(2)12-13-20(14-15-6-4-3-5-7-15)17(21)16-8-10-18-11-9-16/h3-7,16,18H,8-14H2,1-2H3. The van der Waals surface area contributed by atoms with Gasteiger partial charge in [-0.1, -0.05) is 30.3 Å². The van der Waals surface area contributed by atoms with Crippen molar-refractivity contribution in [3.63, 3.8) is 0 Å². The van der Waals surface area contributed by atoms with Gasteiger partial charge in [-0.15, -0.1) is 0 Å². The molecule has 1 saturated heterocycles. The summed E-state index contributed by atoms with van der Waals surface area (Å²) in [7, 11) is 4.10. The van der Waals surface area contributed by atoms with Gasteiger partial charge in [0.05, 0.1) is 0 Å². The second-order valence-corrected chi connectivity index (χ2v) is 6.07.